The largest absolute Gasteiger partial charge is 0.479 e. The van der Waals surface area contributed by atoms with Crippen LogP contribution in [0.15, 0.2) is 24.3 Å². The fraction of sp³-hybridized carbons (Fsp3) is 0.353. The molecule has 1 saturated carbocycles. The second-order valence-corrected chi connectivity index (χ2v) is 6.15. The zero-order valence-electron chi connectivity index (χ0n) is 13.1. The first kappa shape index (κ1) is 15.3. The summed E-state index contributed by atoms with van der Waals surface area (Å²) in [6, 6.07) is 6.10. The maximum absolute atomic E-state index is 12.3. The molecule has 0 saturated heterocycles. The highest BCUT2D eigenvalue weighted by atomic mass is 16.4. The number of amides is 1. The molecular weight excluding hydrogens is 294 g/mol. The van der Waals surface area contributed by atoms with Gasteiger partial charge in [0.25, 0.3) is 5.91 Å². The molecule has 6 nitrogen and oxygen atoms in total. The van der Waals surface area contributed by atoms with Gasteiger partial charge >= 0.3 is 5.97 Å². The molecule has 1 aliphatic carbocycles. The highest BCUT2D eigenvalue weighted by Gasteiger charge is 2.28. The van der Waals surface area contributed by atoms with Gasteiger partial charge in [0, 0.05) is 11.6 Å². The number of aromatic amines is 1. The van der Waals surface area contributed by atoms with E-state index in [1.54, 1.807) is 18.2 Å². The molecule has 3 N–H and O–H groups in total. The van der Waals surface area contributed by atoms with Crippen molar-refractivity contribution < 1.29 is 14.7 Å². The third-order valence-corrected chi connectivity index (χ3v) is 3.95. The van der Waals surface area contributed by atoms with Crippen LogP contribution in [0.5, 0.6) is 0 Å². The second kappa shape index (κ2) is 5.87. The lowest BCUT2D eigenvalue weighted by Crippen LogP contribution is -2.34. The Morgan fingerprint density at radius 1 is 1.22 bits per heavy atom. The Labute approximate surface area is 133 Å². The first-order valence-corrected chi connectivity index (χ1v) is 7.61. The summed E-state index contributed by atoms with van der Waals surface area (Å²) in [5, 5.41) is 18.9. The van der Waals surface area contributed by atoms with Crippen LogP contribution in [0, 0.1) is 13.8 Å². The Morgan fingerprint density at radius 3 is 2.43 bits per heavy atom. The van der Waals surface area contributed by atoms with Crippen molar-refractivity contribution in [1.82, 2.24) is 15.5 Å². The van der Waals surface area contributed by atoms with Crippen molar-refractivity contribution in [1.29, 1.82) is 0 Å². The average Bonchev–Trinajstić information content (AvgIpc) is 3.20. The molecule has 0 bridgehead atoms. The summed E-state index contributed by atoms with van der Waals surface area (Å²) in [6.45, 7) is 3.79. The molecule has 0 radical (unpaired) electrons. The van der Waals surface area contributed by atoms with Gasteiger partial charge < -0.3 is 10.4 Å². The molecule has 1 unspecified atom stereocenters. The van der Waals surface area contributed by atoms with Crippen LogP contribution in [0.1, 0.15) is 57.7 Å². The number of hydrogen-bond donors (Lipinski definition) is 3. The van der Waals surface area contributed by atoms with E-state index in [9.17, 15) is 14.7 Å². The molecule has 1 atom stereocenters. The molecule has 2 aromatic rings. The van der Waals surface area contributed by atoms with Crippen LogP contribution < -0.4 is 5.32 Å². The second-order valence-electron chi connectivity index (χ2n) is 6.15. The van der Waals surface area contributed by atoms with E-state index in [1.807, 2.05) is 19.9 Å². The first-order valence-electron chi connectivity index (χ1n) is 7.61. The maximum atomic E-state index is 12.3. The van der Waals surface area contributed by atoms with Gasteiger partial charge in [0.2, 0.25) is 0 Å². The summed E-state index contributed by atoms with van der Waals surface area (Å²) < 4.78 is 0. The summed E-state index contributed by atoms with van der Waals surface area (Å²) in [5.74, 6) is -1.13. The summed E-state index contributed by atoms with van der Waals surface area (Å²) in [4.78, 5) is 23.9. The summed E-state index contributed by atoms with van der Waals surface area (Å²) in [7, 11) is 0. The Morgan fingerprint density at radius 2 is 1.87 bits per heavy atom. The molecule has 0 spiro atoms. The third kappa shape index (κ3) is 3.41. The molecule has 1 heterocycles. The molecular formula is C17H19N3O3. The summed E-state index contributed by atoms with van der Waals surface area (Å²) in [6.07, 6.45) is 2.20. The number of aromatic nitrogens is 2. The lowest BCUT2D eigenvalue weighted by molar-refractivity contribution is -0.139. The standard InChI is InChI=1S/C17H19N3O3/c1-9-5-10(2)7-12(6-9)15(17(22)23)18-16(21)14-8-13(19-20-14)11-3-4-11/h5-8,11,15H,3-4H2,1-2H3,(H,18,21)(H,19,20)(H,22,23). The Balaban J connectivity index is 1.80. The Hall–Kier alpha value is -2.63. The maximum Gasteiger partial charge on any atom is 0.330 e. The number of aryl methyl sites for hydroxylation is 2. The number of H-pyrrole nitrogens is 1. The molecule has 1 fully saturated rings. The highest BCUT2D eigenvalue weighted by molar-refractivity contribution is 5.95. The molecule has 0 aliphatic heterocycles. The molecule has 1 aromatic carbocycles. The fourth-order valence-corrected chi connectivity index (χ4v) is 2.73. The number of carboxylic acids is 1. The lowest BCUT2D eigenvalue weighted by Gasteiger charge is -2.15. The Kier molecular flexibility index (Phi) is 3.90. The van der Waals surface area contributed by atoms with Crippen molar-refractivity contribution in [2.24, 2.45) is 0 Å². The van der Waals surface area contributed by atoms with Crippen LogP contribution in [0.25, 0.3) is 0 Å². The molecule has 1 amide bonds. The molecule has 3 rings (SSSR count). The first-order chi connectivity index (χ1) is 10.9. The predicted octanol–water partition coefficient (Wildman–Crippen LogP) is 2.46. The smallest absolute Gasteiger partial charge is 0.330 e. The van der Waals surface area contributed by atoms with Crippen molar-refractivity contribution in [3.05, 3.63) is 52.3 Å². The average molecular weight is 313 g/mol. The lowest BCUT2D eigenvalue weighted by atomic mass is 10.0. The number of carboxylic acid groups (broad SMARTS) is 1. The number of benzene rings is 1. The van der Waals surface area contributed by atoms with Gasteiger partial charge in [-0.2, -0.15) is 5.10 Å². The van der Waals surface area contributed by atoms with Crippen molar-refractivity contribution in [3.8, 4) is 0 Å². The van der Waals surface area contributed by atoms with Crippen molar-refractivity contribution in [2.45, 2.75) is 38.6 Å². The monoisotopic (exact) mass is 313 g/mol. The minimum atomic E-state index is -1.10. The van der Waals surface area contributed by atoms with E-state index in [1.165, 1.54) is 0 Å². The number of nitrogens with zero attached hydrogens (tertiary/aromatic N) is 1. The molecule has 120 valence electrons. The number of carbonyl (C=O) groups excluding carboxylic acids is 1. The zero-order chi connectivity index (χ0) is 16.6. The number of hydrogen-bond acceptors (Lipinski definition) is 3. The Bertz CT molecular complexity index is 742. The zero-order valence-corrected chi connectivity index (χ0v) is 13.1. The van der Waals surface area contributed by atoms with Crippen LogP contribution in [0.3, 0.4) is 0 Å². The van der Waals surface area contributed by atoms with E-state index in [0.29, 0.717) is 11.5 Å². The van der Waals surface area contributed by atoms with Gasteiger partial charge in [0.05, 0.1) is 0 Å². The van der Waals surface area contributed by atoms with E-state index in [2.05, 4.69) is 15.5 Å². The van der Waals surface area contributed by atoms with Crippen molar-refractivity contribution in [2.75, 3.05) is 0 Å². The minimum absolute atomic E-state index is 0.225. The normalized spacial score (nSPS) is 15.2. The predicted molar refractivity (Wildman–Crippen MR) is 84.3 cm³/mol. The van der Waals surface area contributed by atoms with Gasteiger partial charge in [-0.05, 0) is 38.3 Å². The molecule has 1 aliphatic rings. The van der Waals surface area contributed by atoms with Gasteiger partial charge in [-0.3, -0.25) is 9.89 Å². The number of rotatable bonds is 5. The number of nitrogens with one attached hydrogen (secondary N) is 2. The van der Waals surface area contributed by atoms with E-state index < -0.39 is 17.9 Å². The van der Waals surface area contributed by atoms with Gasteiger partial charge in [0.15, 0.2) is 6.04 Å². The van der Waals surface area contributed by atoms with Crippen molar-refractivity contribution >= 4 is 11.9 Å². The van der Waals surface area contributed by atoms with E-state index >= 15 is 0 Å². The van der Waals surface area contributed by atoms with Gasteiger partial charge in [-0.15, -0.1) is 0 Å². The quantitative estimate of drug-likeness (QED) is 0.790. The molecule has 23 heavy (non-hydrogen) atoms. The van der Waals surface area contributed by atoms with Gasteiger partial charge in [0.1, 0.15) is 5.69 Å². The minimum Gasteiger partial charge on any atom is -0.479 e. The molecule has 6 heteroatoms. The fourth-order valence-electron chi connectivity index (χ4n) is 2.73. The van der Waals surface area contributed by atoms with Crippen LogP contribution >= 0.6 is 0 Å². The van der Waals surface area contributed by atoms with Gasteiger partial charge in [-0.25, -0.2) is 4.79 Å². The molecule has 1 aromatic heterocycles. The van der Waals surface area contributed by atoms with Crippen molar-refractivity contribution in [3.63, 3.8) is 0 Å². The third-order valence-electron chi connectivity index (χ3n) is 3.95. The van der Waals surface area contributed by atoms with Crippen LogP contribution in [-0.4, -0.2) is 27.2 Å². The number of carbonyl (C=O) groups is 2. The van der Waals surface area contributed by atoms with E-state index in [0.717, 1.165) is 29.7 Å². The van der Waals surface area contributed by atoms with Gasteiger partial charge in [-0.1, -0.05) is 29.3 Å². The highest BCUT2D eigenvalue weighted by Crippen LogP contribution is 2.39. The summed E-state index contributed by atoms with van der Waals surface area (Å²) >= 11 is 0. The van der Waals surface area contributed by atoms with Crippen LogP contribution in [0.2, 0.25) is 0 Å². The SMILES string of the molecule is Cc1cc(C)cc(C(NC(=O)c2cc(C3CC3)[nH]n2)C(=O)O)c1. The van der Waals surface area contributed by atoms with E-state index in [-0.39, 0.29) is 5.69 Å². The van der Waals surface area contributed by atoms with E-state index in [4.69, 9.17) is 0 Å². The summed E-state index contributed by atoms with van der Waals surface area (Å²) in [5.41, 5.74) is 3.63. The number of aliphatic carboxylic acids is 1. The topological polar surface area (TPSA) is 95.1 Å². The van der Waals surface area contributed by atoms with Crippen LogP contribution in [-0.2, 0) is 4.79 Å². The van der Waals surface area contributed by atoms with Crippen LogP contribution in [0.4, 0.5) is 0 Å².